The van der Waals surface area contributed by atoms with Crippen molar-refractivity contribution in [3.63, 3.8) is 0 Å². The third kappa shape index (κ3) is 6.47. The van der Waals surface area contributed by atoms with Crippen molar-refractivity contribution >= 4 is 40.9 Å². The summed E-state index contributed by atoms with van der Waals surface area (Å²) in [6, 6.07) is 12.7. The molecule has 3 aromatic rings. The lowest BCUT2D eigenvalue weighted by molar-refractivity contribution is -0.113. The maximum Gasteiger partial charge on any atom is 0.251 e. The fraction of sp³-hybridized carbons (Fsp3) is 0.273. The Morgan fingerprint density at radius 3 is 2.45 bits per heavy atom. The molecule has 2 aromatic carbocycles. The Hall–Kier alpha value is -3.08. The number of nitrogens with one attached hydrogen (secondary N) is 2. The van der Waals surface area contributed by atoms with Crippen molar-refractivity contribution in [2.24, 2.45) is 0 Å². The monoisotopic (exact) mass is 489 g/mol. The number of aliphatic hydroxyl groups excluding tert-OH is 1. The van der Waals surface area contributed by atoms with Crippen molar-refractivity contribution < 1.29 is 19.4 Å². The second-order valence-electron chi connectivity index (χ2n) is 6.87. The van der Waals surface area contributed by atoms with Crippen LogP contribution in [0.3, 0.4) is 0 Å². The number of ether oxygens (including phenoxy) is 1. The SMILES string of the molecule is CCn1c(SCC(=O)Nc2ccc(Cl)cc2)nnc1[C@@H](CO)NC(=O)c1ccc(OC)cc1. The third-order valence-corrected chi connectivity index (χ3v) is 5.89. The average Bonchev–Trinajstić information content (AvgIpc) is 3.25. The van der Waals surface area contributed by atoms with Gasteiger partial charge in [-0.15, -0.1) is 10.2 Å². The van der Waals surface area contributed by atoms with Crippen LogP contribution in [0.5, 0.6) is 5.75 Å². The minimum Gasteiger partial charge on any atom is -0.497 e. The van der Waals surface area contributed by atoms with Crippen LogP contribution in [-0.4, -0.2) is 51.2 Å². The van der Waals surface area contributed by atoms with Gasteiger partial charge in [-0.3, -0.25) is 9.59 Å². The molecule has 1 heterocycles. The number of benzene rings is 2. The number of methoxy groups -OCH3 is 1. The second kappa shape index (κ2) is 11.7. The minimum absolute atomic E-state index is 0.114. The Labute approximate surface area is 200 Å². The van der Waals surface area contributed by atoms with Gasteiger partial charge in [0.15, 0.2) is 11.0 Å². The van der Waals surface area contributed by atoms with E-state index in [4.69, 9.17) is 16.3 Å². The molecule has 0 aliphatic heterocycles. The number of rotatable bonds is 10. The summed E-state index contributed by atoms with van der Waals surface area (Å²) in [5, 5.41) is 24.9. The molecule has 9 nitrogen and oxygen atoms in total. The van der Waals surface area contributed by atoms with Crippen molar-refractivity contribution in [2.45, 2.75) is 24.7 Å². The summed E-state index contributed by atoms with van der Waals surface area (Å²) >= 11 is 7.07. The van der Waals surface area contributed by atoms with Gasteiger partial charge >= 0.3 is 0 Å². The highest BCUT2D eigenvalue weighted by atomic mass is 35.5. The van der Waals surface area contributed by atoms with E-state index in [0.717, 1.165) is 0 Å². The van der Waals surface area contributed by atoms with Crippen LogP contribution in [0.4, 0.5) is 5.69 Å². The highest BCUT2D eigenvalue weighted by molar-refractivity contribution is 7.99. The van der Waals surface area contributed by atoms with Crippen LogP contribution in [0.15, 0.2) is 53.7 Å². The molecular formula is C22H24ClN5O4S. The highest BCUT2D eigenvalue weighted by Crippen LogP contribution is 2.22. The van der Waals surface area contributed by atoms with Gasteiger partial charge in [-0.05, 0) is 55.5 Å². The van der Waals surface area contributed by atoms with Crippen LogP contribution in [0.1, 0.15) is 29.1 Å². The van der Waals surface area contributed by atoms with E-state index in [1.54, 1.807) is 60.2 Å². The van der Waals surface area contributed by atoms with E-state index in [2.05, 4.69) is 20.8 Å². The van der Waals surface area contributed by atoms with E-state index < -0.39 is 6.04 Å². The number of carbonyl (C=O) groups excluding carboxylic acids is 2. The second-order valence-corrected chi connectivity index (χ2v) is 8.24. The molecule has 0 fully saturated rings. The van der Waals surface area contributed by atoms with Crippen molar-refractivity contribution in [3.8, 4) is 5.75 Å². The summed E-state index contributed by atoms with van der Waals surface area (Å²) in [7, 11) is 1.55. The molecule has 1 atom stereocenters. The number of amides is 2. The number of hydrogen-bond donors (Lipinski definition) is 3. The Morgan fingerprint density at radius 1 is 1.15 bits per heavy atom. The maximum atomic E-state index is 12.6. The zero-order valence-electron chi connectivity index (χ0n) is 18.1. The molecule has 0 saturated carbocycles. The highest BCUT2D eigenvalue weighted by Gasteiger charge is 2.23. The summed E-state index contributed by atoms with van der Waals surface area (Å²) in [5.74, 6) is 0.586. The number of thioether (sulfide) groups is 1. The summed E-state index contributed by atoms with van der Waals surface area (Å²) in [6.45, 7) is 2.03. The predicted molar refractivity (Wildman–Crippen MR) is 127 cm³/mol. The molecule has 174 valence electrons. The lowest BCUT2D eigenvalue weighted by Crippen LogP contribution is -2.32. The van der Waals surface area contributed by atoms with E-state index in [1.807, 2.05) is 6.92 Å². The Kier molecular flexibility index (Phi) is 8.70. The molecule has 0 aliphatic carbocycles. The van der Waals surface area contributed by atoms with E-state index in [-0.39, 0.29) is 24.2 Å². The molecule has 33 heavy (non-hydrogen) atoms. The molecule has 1 aromatic heterocycles. The molecule has 0 bridgehead atoms. The number of carbonyl (C=O) groups is 2. The van der Waals surface area contributed by atoms with Gasteiger partial charge in [0.1, 0.15) is 11.8 Å². The van der Waals surface area contributed by atoms with E-state index in [1.165, 1.54) is 11.8 Å². The minimum atomic E-state index is -0.760. The van der Waals surface area contributed by atoms with Crippen LogP contribution in [0, 0.1) is 0 Å². The summed E-state index contributed by atoms with van der Waals surface area (Å²) in [6.07, 6.45) is 0. The zero-order chi connectivity index (χ0) is 23.8. The fourth-order valence-corrected chi connectivity index (χ4v) is 3.93. The van der Waals surface area contributed by atoms with Gasteiger partial charge in [-0.2, -0.15) is 0 Å². The van der Waals surface area contributed by atoms with Crippen LogP contribution in [-0.2, 0) is 11.3 Å². The molecular weight excluding hydrogens is 466 g/mol. The predicted octanol–water partition coefficient (Wildman–Crippen LogP) is 3.15. The van der Waals surface area contributed by atoms with Crippen LogP contribution < -0.4 is 15.4 Å². The first-order valence-electron chi connectivity index (χ1n) is 10.1. The molecule has 0 unspecified atom stereocenters. The van der Waals surface area contributed by atoms with Crippen LogP contribution in [0.2, 0.25) is 5.02 Å². The largest absolute Gasteiger partial charge is 0.497 e. The first-order valence-corrected chi connectivity index (χ1v) is 11.5. The number of aromatic nitrogens is 3. The van der Waals surface area contributed by atoms with E-state index in [0.29, 0.717) is 39.5 Å². The standard InChI is InChI=1S/C22H24ClN5O4S/c1-3-28-20(18(12-29)25-21(31)14-4-10-17(32-2)11-5-14)26-27-22(28)33-13-19(30)24-16-8-6-15(23)7-9-16/h4-11,18,29H,3,12-13H2,1-2H3,(H,24,30)(H,25,31)/t18-/m1/s1. The fourth-order valence-electron chi connectivity index (χ4n) is 3.00. The smallest absolute Gasteiger partial charge is 0.251 e. The first kappa shape index (κ1) is 24.6. The topological polar surface area (TPSA) is 118 Å². The van der Waals surface area contributed by atoms with Gasteiger partial charge in [-0.25, -0.2) is 0 Å². The zero-order valence-corrected chi connectivity index (χ0v) is 19.7. The lowest BCUT2D eigenvalue weighted by atomic mass is 10.2. The Balaban J connectivity index is 1.65. The Bertz CT molecular complexity index is 1090. The van der Waals surface area contributed by atoms with Gasteiger partial charge < -0.3 is 25.0 Å². The van der Waals surface area contributed by atoms with Gasteiger partial charge in [0.25, 0.3) is 5.91 Å². The van der Waals surface area contributed by atoms with Crippen molar-refractivity contribution in [1.29, 1.82) is 0 Å². The van der Waals surface area contributed by atoms with Gasteiger partial charge in [-0.1, -0.05) is 23.4 Å². The van der Waals surface area contributed by atoms with Gasteiger partial charge in [0, 0.05) is 22.8 Å². The van der Waals surface area contributed by atoms with Gasteiger partial charge in [0.2, 0.25) is 5.91 Å². The van der Waals surface area contributed by atoms with Crippen LogP contribution in [0.25, 0.3) is 0 Å². The molecule has 3 rings (SSSR count). The van der Waals surface area contributed by atoms with E-state index in [9.17, 15) is 14.7 Å². The first-order chi connectivity index (χ1) is 15.9. The molecule has 0 aliphatic rings. The number of hydrogen-bond acceptors (Lipinski definition) is 7. The molecule has 0 saturated heterocycles. The molecule has 3 N–H and O–H groups in total. The van der Waals surface area contributed by atoms with Gasteiger partial charge in [0.05, 0.1) is 19.5 Å². The maximum absolute atomic E-state index is 12.6. The third-order valence-electron chi connectivity index (χ3n) is 4.67. The summed E-state index contributed by atoms with van der Waals surface area (Å²) < 4.78 is 6.86. The normalized spacial score (nSPS) is 11.6. The average molecular weight is 490 g/mol. The summed E-state index contributed by atoms with van der Waals surface area (Å²) in [5.41, 5.74) is 1.06. The molecule has 2 amide bonds. The van der Waals surface area contributed by atoms with Crippen molar-refractivity contribution in [1.82, 2.24) is 20.1 Å². The molecule has 11 heteroatoms. The van der Waals surface area contributed by atoms with Crippen molar-refractivity contribution in [2.75, 3.05) is 24.8 Å². The van der Waals surface area contributed by atoms with Crippen molar-refractivity contribution in [3.05, 3.63) is 64.9 Å². The van der Waals surface area contributed by atoms with Crippen LogP contribution >= 0.6 is 23.4 Å². The quantitative estimate of drug-likeness (QED) is 0.374. The lowest BCUT2D eigenvalue weighted by Gasteiger charge is -2.17. The molecule has 0 radical (unpaired) electrons. The number of anilines is 1. The molecule has 0 spiro atoms. The van der Waals surface area contributed by atoms with E-state index >= 15 is 0 Å². The number of nitrogens with zero attached hydrogens (tertiary/aromatic N) is 3. The Morgan fingerprint density at radius 2 is 1.85 bits per heavy atom. The number of aliphatic hydroxyl groups is 1. The number of halogens is 1. The summed E-state index contributed by atoms with van der Waals surface area (Å²) in [4.78, 5) is 24.9.